The number of allylic oxidation sites excluding steroid dienone is 1. The number of benzene rings is 2. The zero-order chi connectivity index (χ0) is 20.3. The average molecular weight is 395 g/mol. The molecule has 5 heteroatoms. The van der Waals surface area contributed by atoms with Gasteiger partial charge in [0.05, 0.1) is 22.8 Å². The first-order chi connectivity index (χ1) is 13.3. The molecule has 0 saturated carbocycles. The molecule has 3 rings (SSSR count). The maximum Gasteiger partial charge on any atom is 0.158 e. The van der Waals surface area contributed by atoms with Gasteiger partial charge in [0.15, 0.2) is 9.84 Å². The van der Waals surface area contributed by atoms with E-state index in [0.717, 1.165) is 53.9 Å². The van der Waals surface area contributed by atoms with Crippen molar-refractivity contribution < 1.29 is 8.42 Å². The molecule has 2 aromatic rings. The SMILES string of the molecule is C=C1CCc2cc(CS(=O)(=O)Cc3ccc(C)cc3)cc(C#N)c2N1CCC. The van der Waals surface area contributed by atoms with E-state index >= 15 is 0 Å². The number of hydrogen-bond donors (Lipinski definition) is 0. The molecule has 2 aromatic carbocycles. The lowest BCUT2D eigenvalue weighted by Crippen LogP contribution is -2.28. The molecule has 0 saturated heterocycles. The maximum atomic E-state index is 12.7. The molecule has 146 valence electrons. The molecule has 0 fully saturated rings. The molecular weight excluding hydrogens is 368 g/mol. The summed E-state index contributed by atoms with van der Waals surface area (Å²) in [4.78, 5) is 2.11. The molecule has 1 aliphatic rings. The second kappa shape index (κ2) is 8.20. The summed E-state index contributed by atoms with van der Waals surface area (Å²) in [5.41, 5.74) is 6.08. The van der Waals surface area contributed by atoms with Gasteiger partial charge in [0.25, 0.3) is 0 Å². The van der Waals surface area contributed by atoms with E-state index < -0.39 is 9.84 Å². The van der Waals surface area contributed by atoms with Crippen molar-refractivity contribution in [3.8, 4) is 6.07 Å². The van der Waals surface area contributed by atoms with E-state index in [4.69, 9.17) is 0 Å². The van der Waals surface area contributed by atoms with Gasteiger partial charge in [-0.2, -0.15) is 5.26 Å². The fourth-order valence-electron chi connectivity index (χ4n) is 3.75. The molecule has 4 nitrogen and oxygen atoms in total. The van der Waals surface area contributed by atoms with Crippen LogP contribution in [0.15, 0.2) is 48.7 Å². The van der Waals surface area contributed by atoms with Crippen molar-refractivity contribution in [2.24, 2.45) is 0 Å². The monoisotopic (exact) mass is 394 g/mol. The molecule has 0 spiro atoms. The van der Waals surface area contributed by atoms with Crippen molar-refractivity contribution in [3.63, 3.8) is 0 Å². The highest BCUT2D eigenvalue weighted by molar-refractivity contribution is 7.89. The Bertz CT molecular complexity index is 1030. The van der Waals surface area contributed by atoms with Crippen molar-refractivity contribution in [2.75, 3.05) is 11.4 Å². The number of fused-ring (bicyclic) bond motifs is 1. The fourth-order valence-corrected chi connectivity index (χ4v) is 5.22. The third kappa shape index (κ3) is 4.45. The topological polar surface area (TPSA) is 61.2 Å². The molecule has 0 N–H and O–H groups in total. The second-order valence-electron chi connectivity index (χ2n) is 7.50. The summed E-state index contributed by atoms with van der Waals surface area (Å²) in [5.74, 6) is -0.0530. The molecule has 1 heterocycles. The summed E-state index contributed by atoms with van der Waals surface area (Å²) in [6.07, 6.45) is 2.57. The number of sulfone groups is 1. The third-order valence-corrected chi connectivity index (χ3v) is 6.59. The van der Waals surface area contributed by atoms with Crippen molar-refractivity contribution in [2.45, 2.75) is 44.6 Å². The molecule has 0 aliphatic carbocycles. The summed E-state index contributed by atoms with van der Waals surface area (Å²) in [6, 6.07) is 13.5. The number of nitriles is 1. The summed E-state index contributed by atoms with van der Waals surface area (Å²) in [6.45, 7) is 9.03. The van der Waals surface area contributed by atoms with Crippen LogP contribution in [0.2, 0.25) is 0 Å². The Morgan fingerprint density at radius 1 is 1.11 bits per heavy atom. The lowest BCUT2D eigenvalue weighted by atomic mass is 9.94. The Kier molecular flexibility index (Phi) is 5.90. The number of anilines is 1. The van der Waals surface area contributed by atoms with Crippen LogP contribution < -0.4 is 4.90 Å². The van der Waals surface area contributed by atoms with Crippen LogP contribution >= 0.6 is 0 Å². The van der Waals surface area contributed by atoms with Gasteiger partial charge in [0.1, 0.15) is 6.07 Å². The maximum absolute atomic E-state index is 12.7. The minimum Gasteiger partial charge on any atom is -0.344 e. The number of rotatable bonds is 6. The summed E-state index contributed by atoms with van der Waals surface area (Å²) in [7, 11) is -3.33. The second-order valence-corrected chi connectivity index (χ2v) is 9.56. The zero-order valence-electron chi connectivity index (χ0n) is 16.5. The summed E-state index contributed by atoms with van der Waals surface area (Å²) in [5, 5.41) is 9.69. The van der Waals surface area contributed by atoms with Gasteiger partial charge in [-0.05, 0) is 48.9 Å². The van der Waals surface area contributed by atoms with E-state index in [0.29, 0.717) is 11.1 Å². The van der Waals surface area contributed by atoms with Crippen LogP contribution in [0.5, 0.6) is 0 Å². The van der Waals surface area contributed by atoms with Crippen LogP contribution in [0.4, 0.5) is 5.69 Å². The first kappa shape index (κ1) is 20.2. The van der Waals surface area contributed by atoms with Crippen LogP contribution in [0.1, 0.15) is 47.6 Å². The van der Waals surface area contributed by atoms with Gasteiger partial charge in [0.2, 0.25) is 0 Å². The van der Waals surface area contributed by atoms with Gasteiger partial charge in [0, 0.05) is 12.2 Å². The number of hydrogen-bond acceptors (Lipinski definition) is 4. The Morgan fingerprint density at radius 3 is 2.43 bits per heavy atom. The van der Waals surface area contributed by atoms with Gasteiger partial charge in [-0.25, -0.2) is 8.42 Å². The largest absolute Gasteiger partial charge is 0.344 e. The molecule has 0 atom stereocenters. The fraction of sp³-hybridized carbons (Fsp3) is 0.348. The minimum absolute atomic E-state index is 0.00498. The van der Waals surface area contributed by atoms with Gasteiger partial charge in [-0.3, -0.25) is 0 Å². The van der Waals surface area contributed by atoms with Crippen LogP contribution in [-0.4, -0.2) is 15.0 Å². The minimum atomic E-state index is -3.33. The van der Waals surface area contributed by atoms with E-state index in [9.17, 15) is 13.7 Å². The van der Waals surface area contributed by atoms with Crippen LogP contribution in [0.3, 0.4) is 0 Å². The van der Waals surface area contributed by atoms with E-state index in [-0.39, 0.29) is 11.5 Å². The first-order valence-electron chi connectivity index (χ1n) is 9.60. The normalized spacial score (nSPS) is 13.9. The number of nitrogens with zero attached hydrogens (tertiary/aromatic N) is 2. The van der Waals surface area contributed by atoms with Crippen molar-refractivity contribution in [1.82, 2.24) is 0 Å². The summed E-state index contributed by atoms with van der Waals surface area (Å²) >= 11 is 0. The smallest absolute Gasteiger partial charge is 0.158 e. The van der Waals surface area contributed by atoms with Gasteiger partial charge in [-0.15, -0.1) is 0 Å². The molecule has 28 heavy (non-hydrogen) atoms. The molecule has 0 amide bonds. The van der Waals surface area contributed by atoms with Crippen LogP contribution in [-0.2, 0) is 27.8 Å². The van der Waals surface area contributed by atoms with Crippen LogP contribution in [0.25, 0.3) is 0 Å². The van der Waals surface area contributed by atoms with Crippen molar-refractivity contribution in [3.05, 3.63) is 76.5 Å². The van der Waals surface area contributed by atoms with Gasteiger partial charge < -0.3 is 4.90 Å². The third-order valence-electron chi connectivity index (χ3n) is 5.04. The lowest BCUT2D eigenvalue weighted by molar-refractivity contribution is 0.594. The van der Waals surface area contributed by atoms with Gasteiger partial charge in [-0.1, -0.05) is 49.4 Å². The highest BCUT2D eigenvalue weighted by Gasteiger charge is 2.24. The Morgan fingerprint density at radius 2 is 1.79 bits per heavy atom. The molecule has 0 unspecified atom stereocenters. The molecule has 0 bridgehead atoms. The Hall–Kier alpha value is -2.58. The molecule has 0 aromatic heterocycles. The Labute approximate surface area is 168 Å². The van der Waals surface area contributed by atoms with E-state index in [1.807, 2.05) is 37.3 Å². The molecule has 1 aliphatic heterocycles. The predicted molar refractivity (Wildman–Crippen MR) is 114 cm³/mol. The van der Waals surface area contributed by atoms with Crippen molar-refractivity contribution >= 4 is 15.5 Å². The van der Waals surface area contributed by atoms with E-state index in [1.54, 1.807) is 6.07 Å². The molecular formula is C23H26N2O2S. The standard InChI is InChI=1S/C23H26N2O2S/c1-4-11-25-18(3)7-10-21-12-20(13-22(14-24)23(21)25)16-28(26,27)15-19-8-5-17(2)6-9-19/h5-6,8-9,12-13H,3-4,7,10-11,15-16H2,1-2H3. The number of aryl methyl sites for hydroxylation is 2. The van der Waals surface area contributed by atoms with Gasteiger partial charge >= 0.3 is 0 Å². The predicted octanol–water partition coefficient (Wildman–Crippen LogP) is 4.66. The van der Waals surface area contributed by atoms with Crippen LogP contribution in [0, 0.1) is 18.3 Å². The van der Waals surface area contributed by atoms with E-state index in [1.165, 1.54) is 0 Å². The van der Waals surface area contributed by atoms with Crippen molar-refractivity contribution in [1.29, 1.82) is 5.26 Å². The van der Waals surface area contributed by atoms with E-state index in [2.05, 4.69) is 24.5 Å². The highest BCUT2D eigenvalue weighted by Crippen LogP contribution is 2.36. The Balaban J connectivity index is 1.90. The highest BCUT2D eigenvalue weighted by atomic mass is 32.2. The molecule has 0 radical (unpaired) electrons. The first-order valence-corrected chi connectivity index (χ1v) is 11.4. The lowest BCUT2D eigenvalue weighted by Gasteiger charge is -2.34. The zero-order valence-corrected chi connectivity index (χ0v) is 17.3. The average Bonchev–Trinajstić information content (AvgIpc) is 2.65. The summed E-state index contributed by atoms with van der Waals surface area (Å²) < 4.78 is 25.5. The quantitative estimate of drug-likeness (QED) is 0.715.